The highest BCUT2D eigenvalue weighted by atomic mass is 35.5. The number of hydrogen-bond donors (Lipinski definition) is 0. The summed E-state index contributed by atoms with van der Waals surface area (Å²) in [5.74, 6) is -0.408. The van der Waals surface area contributed by atoms with Gasteiger partial charge in [-0.25, -0.2) is 0 Å². The molecule has 142 valence electrons. The smallest absolute Gasteiger partial charge is 0.416 e. The fourth-order valence-electron chi connectivity index (χ4n) is 2.22. The Morgan fingerprint density at radius 2 is 1.93 bits per heavy atom. The molecule has 0 aliphatic rings. The zero-order valence-electron chi connectivity index (χ0n) is 13.8. The highest BCUT2D eigenvalue weighted by Gasteiger charge is 2.31. The van der Waals surface area contributed by atoms with Gasteiger partial charge in [-0.2, -0.15) is 18.4 Å². The number of hydrogen-bond acceptors (Lipinski definition) is 3. The van der Waals surface area contributed by atoms with Gasteiger partial charge in [0, 0.05) is 17.3 Å². The Labute approximate surface area is 163 Å². The van der Waals surface area contributed by atoms with E-state index < -0.39 is 24.3 Å². The van der Waals surface area contributed by atoms with E-state index in [-0.39, 0.29) is 29.4 Å². The fraction of sp³-hybridized carbons (Fsp3) is 0.222. The molecule has 1 amide bonds. The molecule has 0 atom stereocenters. The molecule has 0 aliphatic heterocycles. The van der Waals surface area contributed by atoms with Gasteiger partial charge >= 0.3 is 6.18 Å². The van der Waals surface area contributed by atoms with Gasteiger partial charge in [0.05, 0.1) is 23.1 Å². The molecule has 0 bridgehead atoms. The molecule has 0 saturated carbocycles. The fourth-order valence-corrected chi connectivity index (χ4v) is 2.68. The zero-order chi connectivity index (χ0) is 20.0. The molecule has 0 saturated heterocycles. The van der Waals surface area contributed by atoms with Crippen molar-refractivity contribution in [2.45, 2.75) is 12.6 Å². The predicted molar refractivity (Wildman–Crippen MR) is 96.0 cm³/mol. The molecule has 27 heavy (non-hydrogen) atoms. The lowest BCUT2D eigenvalue weighted by Gasteiger charge is -2.23. The van der Waals surface area contributed by atoms with Crippen molar-refractivity contribution in [1.82, 2.24) is 0 Å². The largest absolute Gasteiger partial charge is 0.482 e. The van der Waals surface area contributed by atoms with E-state index in [1.165, 1.54) is 30.3 Å². The third kappa shape index (κ3) is 5.78. The van der Waals surface area contributed by atoms with E-state index in [1.807, 2.05) is 6.07 Å². The topological polar surface area (TPSA) is 53.3 Å². The number of amides is 1. The molecule has 2 rings (SSSR count). The third-order valence-corrected chi connectivity index (χ3v) is 4.01. The Hall–Kier alpha value is -2.43. The summed E-state index contributed by atoms with van der Waals surface area (Å²) >= 11 is 11.7. The molecule has 0 spiro atoms. The van der Waals surface area contributed by atoms with Crippen LogP contribution in [0.15, 0.2) is 42.5 Å². The highest BCUT2D eigenvalue weighted by Crippen LogP contribution is 2.32. The van der Waals surface area contributed by atoms with Crippen LogP contribution in [0.5, 0.6) is 5.75 Å². The number of nitriles is 1. The first-order chi connectivity index (χ1) is 12.7. The van der Waals surface area contributed by atoms with Crippen molar-refractivity contribution in [3.63, 3.8) is 0 Å². The first-order valence-electron chi connectivity index (χ1n) is 7.65. The van der Waals surface area contributed by atoms with Crippen molar-refractivity contribution >= 4 is 34.8 Å². The van der Waals surface area contributed by atoms with E-state index in [4.69, 9.17) is 33.2 Å². The molecule has 9 heteroatoms. The number of carbonyl (C=O) groups excluding carboxylic acids is 1. The Bertz CT molecular complexity index is 866. The van der Waals surface area contributed by atoms with Crippen molar-refractivity contribution in [2.75, 3.05) is 18.1 Å². The maximum Gasteiger partial charge on any atom is 0.416 e. The summed E-state index contributed by atoms with van der Waals surface area (Å²) in [5, 5.41) is 9.35. The van der Waals surface area contributed by atoms with Gasteiger partial charge in [0.25, 0.3) is 5.91 Å². The molecule has 2 aromatic rings. The molecule has 0 N–H and O–H groups in total. The first kappa shape index (κ1) is 20.9. The SMILES string of the molecule is N#CCCN(C(=O)COc1ccc(Cl)cc1Cl)c1cccc(C(F)(F)F)c1. The van der Waals surface area contributed by atoms with Crippen molar-refractivity contribution in [3.8, 4) is 11.8 Å². The average molecular weight is 417 g/mol. The van der Waals surface area contributed by atoms with Gasteiger partial charge in [-0.05, 0) is 36.4 Å². The van der Waals surface area contributed by atoms with Crippen LogP contribution in [-0.2, 0) is 11.0 Å². The summed E-state index contributed by atoms with van der Waals surface area (Å²) in [6, 6.07) is 10.6. The lowest BCUT2D eigenvalue weighted by atomic mass is 10.1. The summed E-state index contributed by atoms with van der Waals surface area (Å²) in [6.45, 7) is -0.544. The van der Waals surface area contributed by atoms with Crippen LogP contribution in [-0.4, -0.2) is 19.1 Å². The third-order valence-electron chi connectivity index (χ3n) is 3.48. The number of alkyl halides is 3. The maximum atomic E-state index is 12.9. The molecule has 0 radical (unpaired) electrons. The maximum absolute atomic E-state index is 12.9. The van der Waals surface area contributed by atoms with Gasteiger partial charge in [-0.1, -0.05) is 29.3 Å². The Morgan fingerprint density at radius 1 is 1.19 bits per heavy atom. The van der Waals surface area contributed by atoms with Gasteiger partial charge < -0.3 is 9.64 Å². The lowest BCUT2D eigenvalue weighted by molar-refractivity contribution is -0.137. The zero-order valence-corrected chi connectivity index (χ0v) is 15.3. The first-order valence-corrected chi connectivity index (χ1v) is 8.40. The summed E-state index contributed by atoms with van der Waals surface area (Å²) in [7, 11) is 0. The van der Waals surface area contributed by atoms with E-state index >= 15 is 0 Å². The standard InChI is InChI=1S/C18H13Cl2F3N2O2/c19-13-5-6-16(15(20)10-13)27-11-17(26)25(8-2-7-24)14-4-1-3-12(9-14)18(21,22)23/h1,3-6,9-10H,2,8,11H2. The highest BCUT2D eigenvalue weighted by molar-refractivity contribution is 6.35. The number of rotatable bonds is 6. The van der Waals surface area contributed by atoms with Crippen LogP contribution in [0.3, 0.4) is 0 Å². The molecular formula is C18H13Cl2F3N2O2. The molecule has 0 fully saturated rings. The summed E-state index contributed by atoms with van der Waals surface area (Å²) < 4.78 is 44.1. The van der Waals surface area contributed by atoms with Crippen LogP contribution in [0.1, 0.15) is 12.0 Å². The molecule has 0 unspecified atom stereocenters. The van der Waals surface area contributed by atoms with Crippen LogP contribution in [0.25, 0.3) is 0 Å². The molecule has 0 heterocycles. The minimum atomic E-state index is -4.55. The monoisotopic (exact) mass is 416 g/mol. The predicted octanol–water partition coefficient (Wildman–Crippen LogP) is 5.34. The molecular weight excluding hydrogens is 404 g/mol. The van der Waals surface area contributed by atoms with Crippen LogP contribution in [0.2, 0.25) is 10.0 Å². The van der Waals surface area contributed by atoms with Crippen molar-refractivity contribution in [1.29, 1.82) is 5.26 Å². The summed E-state index contributed by atoms with van der Waals surface area (Å²) in [6.07, 6.45) is -4.60. The quantitative estimate of drug-likeness (QED) is 0.638. The van der Waals surface area contributed by atoms with E-state index in [0.29, 0.717) is 5.02 Å². The van der Waals surface area contributed by atoms with Crippen molar-refractivity contribution in [3.05, 3.63) is 58.1 Å². The van der Waals surface area contributed by atoms with Crippen LogP contribution in [0.4, 0.5) is 18.9 Å². The molecule has 4 nitrogen and oxygen atoms in total. The Balaban J connectivity index is 2.20. The number of carbonyl (C=O) groups is 1. The van der Waals surface area contributed by atoms with Crippen LogP contribution >= 0.6 is 23.2 Å². The number of nitrogens with zero attached hydrogens (tertiary/aromatic N) is 2. The van der Waals surface area contributed by atoms with Crippen LogP contribution in [0, 0.1) is 11.3 Å². The van der Waals surface area contributed by atoms with Gasteiger partial charge in [-0.15, -0.1) is 0 Å². The van der Waals surface area contributed by atoms with Gasteiger partial charge in [0.1, 0.15) is 5.75 Å². The molecule has 0 aromatic heterocycles. The second kappa shape index (κ2) is 8.98. The second-order valence-electron chi connectivity index (χ2n) is 5.36. The molecule has 0 aliphatic carbocycles. The Kier molecular flexibility index (Phi) is 6.94. The van der Waals surface area contributed by atoms with E-state index in [2.05, 4.69) is 0 Å². The van der Waals surface area contributed by atoms with E-state index in [9.17, 15) is 18.0 Å². The number of anilines is 1. The Morgan fingerprint density at radius 3 is 2.56 bits per heavy atom. The number of ether oxygens (including phenoxy) is 1. The minimum absolute atomic E-state index is 0.0240. The van der Waals surface area contributed by atoms with Gasteiger partial charge in [0.15, 0.2) is 6.61 Å². The van der Waals surface area contributed by atoms with Crippen molar-refractivity contribution in [2.24, 2.45) is 0 Å². The lowest BCUT2D eigenvalue weighted by Crippen LogP contribution is -2.36. The summed E-state index contributed by atoms with van der Waals surface area (Å²) in [4.78, 5) is 13.6. The van der Waals surface area contributed by atoms with Gasteiger partial charge in [-0.3, -0.25) is 4.79 Å². The molecule has 2 aromatic carbocycles. The number of halogens is 5. The minimum Gasteiger partial charge on any atom is -0.482 e. The van der Waals surface area contributed by atoms with Gasteiger partial charge in [0.2, 0.25) is 0 Å². The average Bonchev–Trinajstić information content (AvgIpc) is 2.61. The van der Waals surface area contributed by atoms with E-state index in [0.717, 1.165) is 17.0 Å². The van der Waals surface area contributed by atoms with E-state index in [1.54, 1.807) is 0 Å². The number of benzene rings is 2. The normalized spacial score (nSPS) is 11.0. The van der Waals surface area contributed by atoms with Crippen LogP contribution < -0.4 is 9.64 Å². The second-order valence-corrected chi connectivity index (χ2v) is 6.21. The summed E-state index contributed by atoms with van der Waals surface area (Å²) in [5.41, 5.74) is -0.868. The van der Waals surface area contributed by atoms with Crippen molar-refractivity contribution < 1.29 is 22.7 Å².